The van der Waals surface area contributed by atoms with E-state index in [-0.39, 0.29) is 42.3 Å². The van der Waals surface area contributed by atoms with Gasteiger partial charge in [0.15, 0.2) is 0 Å². The van der Waals surface area contributed by atoms with Crippen LogP contribution in [0, 0.1) is 17.2 Å². The molecule has 0 aliphatic carbocycles. The molecule has 1 amide bonds. The number of hydrogen-bond acceptors (Lipinski definition) is 4. The van der Waals surface area contributed by atoms with Crippen LogP contribution in [0.1, 0.15) is 42.5 Å². The van der Waals surface area contributed by atoms with E-state index in [1.165, 1.54) is 28.6 Å². The molecule has 1 fully saturated rings. The maximum absolute atomic E-state index is 12.9. The van der Waals surface area contributed by atoms with E-state index in [2.05, 4.69) is 5.32 Å². The number of halogens is 3. The van der Waals surface area contributed by atoms with E-state index in [9.17, 15) is 31.6 Å². The minimum absolute atomic E-state index is 0.0577. The number of nitrogens with zero attached hydrogens (tertiary/aromatic N) is 2. The molecule has 170 valence electrons. The number of nitrogens with one attached hydrogen (secondary N) is 1. The summed E-state index contributed by atoms with van der Waals surface area (Å²) in [6.45, 7) is 1.82. The summed E-state index contributed by atoms with van der Waals surface area (Å²) in [7, 11) is -3.87. The molecule has 1 aliphatic heterocycles. The number of sulfonamides is 1. The van der Waals surface area contributed by atoms with Crippen LogP contribution >= 0.6 is 0 Å². The number of benzene rings is 2. The van der Waals surface area contributed by atoms with E-state index in [1.807, 2.05) is 6.07 Å². The van der Waals surface area contributed by atoms with Crippen molar-refractivity contribution < 1.29 is 26.4 Å². The molecule has 1 unspecified atom stereocenters. The lowest BCUT2D eigenvalue weighted by Gasteiger charge is -2.31. The molecule has 0 saturated carbocycles. The van der Waals surface area contributed by atoms with Crippen LogP contribution in [-0.2, 0) is 21.0 Å². The van der Waals surface area contributed by atoms with Crippen LogP contribution < -0.4 is 5.32 Å². The molecule has 10 heteroatoms. The Kier molecular flexibility index (Phi) is 6.91. The highest BCUT2D eigenvalue weighted by molar-refractivity contribution is 7.89. The third kappa shape index (κ3) is 5.11. The van der Waals surface area contributed by atoms with E-state index in [1.54, 1.807) is 19.1 Å². The van der Waals surface area contributed by atoms with Crippen LogP contribution in [0.5, 0.6) is 0 Å². The van der Waals surface area contributed by atoms with Gasteiger partial charge in [0, 0.05) is 19.0 Å². The second kappa shape index (κ2) is 9.30. The topological polar surface area (TPSA) is 90.3 Å². The predicted octanol–water partition coefficient (Wildman–Crippen LogP) is 3.86. The van der Waals surface area contributed by atoms with Gasteiger partial charge in [-0.25, -0.2) is 8.42 Å². The van der Waals surface area contributed by atoms with Crippen molar-refractivity contribution in [3.05, 3.63) is 65.2 Å². The van der Waals surface area contributed by atoms with Crippen LogP contribution in [0.3, 0.4) is 0 Å². The maximum atomic E-state index is 12.9. The van der Waals surface area contributed by atoms with E-state index >= 15 is 0 Å². The average molecular weight is 465 g/mol. The number of carbonyl (C=O) groups excluding carboxylic acids is 1. The fraction of sp³-hybridized carbons (Fsp3) is 0.364. The van der Waals surface area contributed by atoms with Crippen LogP contribution in [0.4, 0.5) is 13.2 Å². The van der Waals surface area contributed by atoms with Gasteiger partial charge < -0.3 is 5.32 Å². The van der Waals surface area contributed by atoms with Crippen molar-refractivity contribution in [3.8, 4) is 6.07 Å². The zero-order valence-electron chi connectivity index (χ0n) is 17.3. The number of rotatable bonds is 5. The number of amides is 1. The molecular formula is C22H22F3N3O3S. The number of nitriles is 1. The molecule has 2 aromatic rings. The third-order valence-electron chi connectivity index (χ3n) is 5.52. The summed E-state index contributed by atoms with van der Waals surface area (Å²) in [6, 6.07) is 12.0. The van der Waals surface area contributed by atoms with Crippen molar-refractivity contribution in [3.63, 3.8) is 0 Å². The molecule has 3 rings (SSSR count). The Balaban J connectivity index is 1.63. The lowest BCUT2D eigenvalue weighted by Crippen LogP contribution is -2.43. The van der Waals surface area contributed by atoms with E-state index in [0.29, 0.717) is 5.56 Å². The molecule has 0 radical (unpaired) electrons. The summed E-state index contributed by atoms with van der Waals surface area (Å²) in [4.78, 5) is 12.6. The third-order valence-corrected chi connectivity index (χ3v) is 7.48. The quantitative estimate of drug-likeness (QED) is 0.726. The SMILES string of the molecule is CC(NC(=O)C1CCN(S(=O)(=O)c2ccccc2C#N)CC1)c1cccc(C(F)(F)F)c1. The number of carbonyl (C=O) groups is 1. The van der Waals surface area contributed by atoms with Gasteiger partial charge in [-0.2, -0.15) is 22.7 Å². The number of piperidine rings is 1. The van der Waals surface area contributed by atoms with Crippen molar-refractivity contribution in [1.82, 2.24) is 9.62 Å². The second-order valence-electron chi connectivity index (χ2n) is 7.64. The Labute approximate surface area is 184 Å². The lowest BCUT2D eigenvalue weighted by molar-refractivity contribution is -0.137. The molecule has 0 aromatic heterocycles. The smallest absolute Gasteiger partial charge is 0.349 e. The van der Waals surface area contributed by atoms with Gasteiger partial charge in [-0.1, -0.05) is 24.3 Å². The van der Waals surface area contributed by atoms with Gasteiger partial charge in [0.1, 0.15) is 6.07 Å². The first kappa shape index (κ1) is 23.8. The van der Waals surface area contributed by atoms with Crippen LogP contribution in [0.15, 0.2) is 53.4 Å². The predicted molar refractivity (Wildman–Crippen MR) is 111 cm³/mol. The second-order valence-corrected chi connectivity index (χ2v) is 9.55. The molecular weight excluding hydrogens is 443 g/mol. The average Bonchev–Trinajstić information content (AvgIpc) is 2.78. The molecule has 1 aliphatic rings. The number of hydrogen-bond donors (Lipinski definition) is 1. The molecule has 0 spiro atoms. The minimum atomic E-state index is -4.47. The van der Waals surface area contributed by atoms with Crippen molar-refractivity contribution in [2.24, 2.45) is 5.92 Å². The summed E-state index contributed by atoms with van der Waals surface area (Å²) in [6.07, 6.45) is -3.92. The summed E-state index contributed by atoms with van der Waals surface area (Å²) in [5.41, 5.74) is -0.393. The van der Waals surface area contributed by atoms with E-state index < -0.39 is 33.7 Å². The van der Waals surface area contributed by atoms with Gasteiger partial charge in [-0.3, -0.25) is 4.79 Å². The summed E-state index contributed by atoms with van der Waals surface area (Å²) < 4.78 is 65.8. The zero-order chi connectivity index (χ0) is 23.5. The molecule has 0 bridgehead atoms. The highest BCUT2D eigenvalue weighted by atomic mass is 32.2. The van der Waals surface area contributed by atoms with Gasteiger partial charge in [0.05, 0.1) is 22.1 Å². The van der Waals surface area contributed by atoms with Crippen molar-refractivity contribution in [2.45, 2.75) is 36.9 Å². The van der Waals surface area contributed by atoms with Crippen molar-refractivity contribution in [1.29, 1.82) is 5.26 Å². The van der Waals surface area contributed by atoms with E-state index in [0.717, 1.165) is 12.1 Å². The Bertz CT molecular complexity index is 1130. The molecule has 1 saturated heterocycles. The Hall–Kier alpha value is -2.90. The Morgan fingerprint density at radius 2 is 1.81 bits per heavy atom. The molecule has 6 nitrogen and oxygen atoms in total. The minimum Gasteiger partial charge on any atom is -0.349 e. The van der Waals surface area contributed by atoms with Gasteiger partial charge in [-0.15, -0.1) is 0 Å². The van der Waals surface area contributed by atoms with Crippen molar-refractivity contribution >= 4 is 15.9 Å². The first-order chi connectivity index (χ1) is 15.0. The lowest BCUT2D eigenvalue weighted by atomic mass is 9.96. The monoisotopic (exact) mass is 465 g/mol. The summed E-state index contributed by atoms with van der Waals surface area (Å²) in [5, 5.41) is 11.9. The van der Waals surface area contributed by atoms with Crippen LogP contribution in [0.25, 0.3) is 0 Å². The standard InChI is InChI=1S/C22H22F3N3O3S/c1-15(17-6-4-7-19(13-17)22(23,24)25)27-21(29)16-9-11-28(12-10-16)32(30,31)20-8-3-2-5-18(20)14-26/h2-8,13,15-16H,9-12H2,1H3,(H,27,29). The number of alkyl halides is 3. The van der Waals surface area contributed by atoms with Crippen LogP contribution in [0.2, 0.25) is 0 Å². The first-order valence-corrected chi connectivity index (χ1v) is 11.4. The zero-order valence-corrected chi connectivity index (χ0v) is 18.1. The van der Waals surface area contributed by atoms with E-state index in [4.69, 9.17) is 0 Å². The van der Waals surface area contributed by atoms with Gasteiger partial charge in [0.2, 0.25) is 15.9 Å². The molecule has 1 N–H and O–H groups in total. The molecule has 32 heavy (non-hydrogen) atoms. The maximum Gasteiger partial charge on any atom is 0.416 e. The molecule has 1 heterocycles. The van der Waals surface area contributed by atoms with Crippen LogP contribution in [-0.4, -0.2) is 31.7 Å². The first-order valence-electron chi connectivity index (χ1n) is 10.0. The molecule has 2 aromatic carbocycles. The fourth-order valence-electron chi connectivity index (χ4n) is 3.68. The van der Waals surface area contributed by atoms with Gasteiger partial charge in [-0.05, 0) is 49.6 Å². The normalized spacial score (nSPS) is 16.8. The molecule has 1 atom stereocenters. The summed E-state index contributed by atoms with van der Waals surface area (Å²) >= 11 is 0. The van der Waals surface area contributed by atoms with Gasteiger partial charge in [0.25, 0.3) is 0 Å². The Morgan fingerprint density at radius 3 is 2.44 bits per heavy atom. The largest absolute Gasteiger partial charge is 0.416 e. The fourth-order valence-corrected chi connectivity index (χ4v) is 5.29. The summed E-state index contributed by atoms with van der Waals surface area (Å²) in [5.74, 6) is -0.787. The highest BCUT2D eigenvalue weighted by Crippen LogP contribution is 2.31. The van der Waals surface area contributed by atoms with Crippen molar-refractivity contribution in [2.75, 3.05) is 13.1 Å². The van der Waals surface area contributed by atoms with Gasteiger partial charge >= 0.3 is 6.18 Å². The Morgan fingerprint density at radius 1 is 1.16 bits per heavy atom. The highest BCUT2D eigenvalue weighted by Gasteiger charge is 2.34.